The summed E-state index contributed by atoms with van der Waals surface area (Å²) in [6, 6.07) is 0. The van der Waals surface area contributed by atoms with Crippen molar-refractivity contribution in [1.29, 1.82) is 0 Å². The zero-order valence-corrected chi connectivity index (χ0v) is 10.7. The first-order chi connectivity index (χ1) is 8.02. The lowest BCUT2D eigenvalue weighted by molar-refractivity contribution is -0.122. The summed E-state index contributed by atoms with van der Waals surface area (Å²) >= 11 is 0. The molecule has 0 radical (unpaired) electrons. The Bertz CT molecular complexity index is 229. The summed E-state index contributed by atoms with van der Waals surface area (Å²) in [4.78, 5) is 21.3. The van der Waals surface area contributed by atoms with Crippen molar-refractivity contribution in [2.24, 2.45) is 0 Å². The van der Waals surface area contributed by atoms with Gasteiger partial charge >= 0.3 is 0 Å². The van der Waals surface area contributed by atoms with Crippen LogP contribution in [0.1, 0.15) is 39.5 Å². The second-order valence-electron chi connectivity index (χ2n) is 4.49. The predicted octanol–water partition coefficient (Wildman–Crippen LogP) is 0.649. The lowest BCUT2D eigenvalue weighted by atomic mass is 10.1. The van der Waals surface area contributed by atoms with Crippen molar-refractivity contribution in [1.82, 2.24) is 5.32 Å². The molecule has 0 atom stereocenters. The zero-order valence-electron chi connectivity index (χ0n) is 10.7. The Morgan fingerprint density at radius 3 is 2.76 bits per heavy atom. The molecule has 0 saturated heterocycles. The average molecular weight is 245 g/mol. The maximum Gasteiger partial charge on any atom is 0.220 e. The van der Waals surface area contributed by atoms with Gasteiger partial charge in [-0.3, -0.25) is 4.79 Å². The van der Waals surface area contributed by atoms with E-state index in [2.05, 4.69) is 5.32 Å². The number of carbonyl (C=O) groups excluding carboxylic acids is 2. The number of aliphatic hydroxyl groups is 1. The second-order valence-corrected chi connectivity index (χ2v) is 4.49. The van der Waals surface area contributed by atoms with Gasteiger partial charge in [-0.05, 0) is 26.7 Å². The summed E-state index contributed by atoms with van der Waals surface area (Å²) in [5, 5.41) is 11.5. The zero-order chi connectivity index (χ0) is 13.1. The minimum atomic E-state index is -0.364. The highest BCUT2D eigenvalue weighted by Crippen LogP contribution is 2.12. The molecule has 0 spiro atoms. The third-order valence-electron chi connectivity index (χ3n) is 2.36. The molecule has 100 valence electrons. The largest absolute Gasteiger partial charge is 0.396 e. The van der Waals surface area contributed by atoms with Crippen LogP contribution in [0, 0.1) is 0 Å². The molecule has 0 aliphatic heterocycles. The number of rotatable bonds is 10. The van der Waals surface area contributed by atoms with Gasteiger partial charge in [0.2, 0.25) is 5.91 Å². The molecule has 5 heteroatoms. The van der Waals surface area contributed by atoms with Crippen LogP contribution in [-0.2, 0) is 14.3 Å². The third-order valence-corrected chi connectivity index (χ3v) is 2.36. The molecule has 0 fully saturated rings. The fourth-order valence-electron chi connectivity index (χ4n) is 1.29. The average Bonchev–Trinajstić information content (AvgIpc) is 2.25. The first-order valence-corrected chi connectivity index (χ1v) is 5.97. The van der Waals surface area contributed by atoms with E-state index in [-0.39, 0.29) is 18.1 Å². The molecule has 0 saturated carbocycles. The standard InChI is InChI=1S/C12H23NO4/c1-12(2,6-9-15)17-10-7-13-11(16)5-3-4-8-14/h8,15H,3-7,9-10H2,1-2H3,(H,13,16). The number of nitrogens with one attached hydrogen (secondary N) is 1. The van der Waals surface area contributed by atoms with Crippen LogP contribution in [0.3, 0.4) is 0 Å². The fraction of sp³-hybridized carbons (Fsp3) is 0.833. The summed E-state index contributed by atoms with van der Waals surface area (Å²) < 4.78 is 5.52. The maximum atomic E-state index is 11.2. The van der Waals surface area contributed by atoms with Crippen LogP contribution in [0.5, 0.6) is 0 Å². The Morgan fingerprint density at radius 2 is 2.18 bits per heavy atom. The molecule has 2 N–H and O–H groups in total. The number of ether oxygens (including phenoxy) is 1. The molecule has 17 heavy (non-hydrogen) atoms. The van der Waals surface area contributed by atoms with E-state index in [1.807, 2.05) is 13.8 Å². The molecule has 0 heterocycles. The van der Waals surface area contributed by atoms with Gasteiger partial charge in [0.1, 0.15) is 6.29 Å². The van der Waals surface area contributed by atoms with Crippen LogP contribution >= 0.6 is 0 Å². The number of unbranched alkanes of at least 4 members (excludes halogenated alkanes) is 1. The van der Waals surface area contributed by atoms with Crippen LogP contribution in [0.4, 0.5) is 0 Å². The molecule has 0 aromatic rings. The number of hydrogen-bond donors (Lipinski definition) is 2. The molecule has 0 unspecified atom stereocenters. The molecule has 0 aromatic heterocycles. The van der Waals surface area contributed by atoms with Gasteiger partial charge in [0.15, 0.2) is 0 Å². The van der Waals surface area contributed by atoms with Gasteiger partial charge in [-0.2, -0.15) is 0 Å². The van der Waals surface area contributed by atoms with Crippen LogP contribution in [0.2, 0.25) is 0 Å². The molecular weight excluding hydrogens is 222 g/mol. The van der Waals surface area contributed by atoms with Crippen molar-refractivity contribution in [3.8, 4) is 0 Å². The van der Waals surface area contributed by atoms with Crippen molar-refractivity contribution in [2.45, 2.75) is 45.1 Å². The van der Waals surface area contributed by atoms with Gasteiger partial charge in [-0.1, -0.05) is 0 Å². The lowest BCUT2D eigenvalue weighted by Crippen LogP contribution is -2.32. The van der Waals surface area contributed by atoms with Crippen molar-refractivity contribution < 1.29 is 19.4 Å². The maximum absolute atomic E-state index is 11.2. The number of aldehydes is 1. The van der Waals surface area contributed by atoms with Crippen LogP contribution in [-0.4, -0.2) is 42.7 Å². The van der Waals surface area contributed by atoms with Crippen LogP contribution in [0.25, 0.3) is 0 Å². The number of amides is 1. The number of carbonyl (C=O) groups is 2. The minimum Gasteiger partial charge on any atom is -0.396 e. The highest BCUT2D eigenvalue weighted by molar-refractivity contribution is 5.76. The molecular formula is C12H23NO4. The Hall–Kier alpha value is -0.940. The van der Waals surface area contributed by atoms with E-state index < -0.39 is 0 Å². The smallest absolute Gasteiger partial charge is 0.220 e. The quantitative estimate of drug-likeness (QED) is 0.438. The van der Waals surface area contributed by atoms with Crippen molar-refractivity contribution in [2.75, 3.05) is 19.8 Å². The number of aliphatic hydroxyl groups excluding tert-OH is 1. The summed E-state index contributed by atoms with van der Waals surface area (Å²) in [6.07, 6.45) is 2.77. The lowest BCUT2D eigenvalue weighted by Gasteiger charge is -2.24. The Balaban J connectivity index is 3.50. The predicted molar refractivity (Wildman–Crippen MR) is 64.7 cm³/mol. The van der Waals surface area contributed by atoms with Crippen molar-refractivity contribution in [3.63, 3.8) is 0 Å². The molecule has 0 bridgehead atoms. The van der Waals surface area contributed by atoms with Crippen molar-refractivity contribution in [3.05, 3.63) is 0 Å². The van der Waals surface area contributed by atoms with Gasteiger partial charge in [-0.25, -0.2) is 0 Å². The summed E-state index contributed by atoms with van der Waals surface area (Å²) in [7, 11) is 0. The molecule has 0 aliphatic rings. The first-order valence-electron chi connectivity index (χ1n) is 5.97. The van der Waals surface area contributed by atoms with Gasteiger partial charge in [0.25, 0.3) is 0 Å². The van der Waals surface area contributed by atoms with Gasteiger partial charge in [0.05, 0.1) is 12.2 Å². The second kappa shape index (κ2) is 9.13. The molecule has 0 aliphatic carbocycles. The van der Waals surface area contributed by atoms with Gasteiger partial charge in [0, 0.05) is 26.0 Å². The highest BCUT2D eigenvalue weighted by atomic mass is 16.5. The first kappa shape index (κ1) is 16.1. The van der Waals surface area contributed by atoms with E-state index in [1.165, 1.54) is 0 Å². The normalized spacial score (nSPS) is 11.2. The fourth-order valence-corrected chi connectivity index (χ4v) is 1.29. The topological polar surface area (TPSA) is 75.6 Å². The monoisotopic (exact) mass is 245 g/mol. The Kier molecular flexibility index (Phi) is 8.62. The van der Waals surface area contributed by atoms with Crippen molar-refractivity contribution >= 4 is 12.2 Å². The number of hydrogen-bond acceptors (Lipinski definition) is 4. The SMILES string of the molecule is CC(C)(CCO)OCCNC(=O)CCCC=O. The van der Waals surface area contributed by atoms with Gasteiger partial charge in [-0.15, -0.1) is 0 Å². The highest BCUT2D eigenvalue weighted by Gasteiger charge is 2.16. The summed E-state index contributed by atoms with van der Waals surface area (Å²) in [6.45, 7) is 4.76. The Morgan fingerprint density at radius 1 is 1.47 bits per heavy atom. The van der Waals surface area contributed by atoms with E-state index in [9.17, 15) is 9.59 Å². The van der Waals surface area contributed by atoms with Crippen LogP contribution in [0.15, 0.2) is 0 Å². The van der Waals surface area contributed by atoms with E-state index in [1.54, 1.807) is 0 Å². The van der Waals surface area contributed by atoms with E-state index in [0.29, 0.717) is 38.8 Å². The molecule has 0 aromatic carbocycles. The molecule has 5 nitrogen and oxygen atoms in total. The van der Waals surface area contributed by atoms with Gasteiger partial charge < -0.3 is 20.0 Å². The summed E-state index contributed by atoms with van der Waals surface area (Å²) in [5.74, 6) is -0.0598. The van der Waals surface area contributed by atoms with Crippen LogP contribution < -0.4 is 5.32 Å². The van der Waals surface area contributed by atoms with E-state index in [0.717, 1.165) is 6.29 Å². The summed E-state index contributed by atoms with van der Waals surface area (Å²) in [5.41, 5.74) is -0.364. The third kappa shape index (κ3) is 9.96. The molecule has 0 rings (SSSR count). The van der Waals surface area contributed by atoms with E-state index in [4.69, 9.17) is 9.84 Å². The minimum absolute atomic E-state index is 0.0598. The Labute approximate surface area is 103 Å². The molecule has 1 amide bonds. The van der Waals surface area contributed by atoms with E-state index >= 15 is 0 Å².